The van der Waals surface area contributed by atoms with E-state index in [1.165, 1.54) is 16.9 Å². The van der Waals surface area contributed by atoms with E-state index >= 15 is 0 Å². The largest absolute Gasteiger partial charge is 0.306 e. The Hall–Kier alpha value is -2.35. The molecule has 1 aromatic heterocycles. The van der Waals surface area contributed by atoms with Crippen LogP contribution in [0, 0.1) is 10.1 Å². The van der Waals surface area contributed by atoms with Crippen molar-refractivity contribution in [2.24, 2.45) is 7.05 Å². The van der Waals surface area contributed by atoms with Crippen molar-refractivity contribution in [3.8, 4) is 0 Å². The van der Waals surface area contributed by atoms with Crippen molar-refractivity contribution in [1.29, 1.82) is 0 Å². The molecular weight excluding hydrogens is 236 g/mol. The quantitative estimate of drug-likeness (QED) is 0.607. The van der Waals surface area contributed by atoms with E-state index in [4.69, 9.17) is 0 Å². The minimum absolute atomic E-state index is 0.0920. The summed E-state index contributed by atoms with van der Waals surface area (Å²) in [7, 11) is 1.70. The number of nitro groups is 1. The second-order valence-corrected chi connectivity index (χ2v) is 3.72. The SMILES string of the molecule is Cn1nnc(CNCc2ccc([N+](=O)[O-])cc2)n1. The molecule has 0 aliphatic heterocycles. The molecule has 2 aromatic rings. The number of tetrazole rings is 1. The molecule has 1 heterocycles. The van der Waals surface area contributed by atoms with Crippen molar-refractivity contribution in [2.75, 3.05) is 0 Å². The molecule has 0 saturated heterocycles. The summed E-state index contributed by atoms with van der Waals surface area (Å²) < 4.78 is 0. The van der Waals surface area contributed by atoms with E-state index in [9.17, 15) is 10.1 Å². The molecule has 2 rings (SSSR count). The fourth-order valence-electron chi connectivity index (χ4n) is 1.45. The minimum atomic E-state index is -0.416. The summed E-state index contributed by atoms with van der Waals surface area (Å²) in [6, 6.07) is 6.40. The van der Waals surface area contributed by atoms with Gasteiger partial charge in [-0.2, -0.15) is 4.80 Å². The van der Waals surface area contributed by atoms with Gasteiger partial charge in [0.2, 0.25) is 0 Å². The number of aryl methyl sites for hydroxylation is 1. The van der Waals surface area contributed by atoms with Crippen molar-refractivity contribution >= 4 is 5.69 Å². The van der Waals surface area contributed by atoms with Crippen LogP contribution in [-0.4, -0.2) is 25.1 Å². The Labute approximate surface area is 103 Å². The van der Waals surface area contributed by atoms with Crippen LogP contribution in [0.15, 0.2) is 24.3 Å². The Balaban J connectivity index is 1.85. The molecule has 0 saturated carbocycles. The molecule has 1 N–H and O–H groups in total. The zero-order valence-electron chi connectivity index (χ0n) is 9.78. The van der Waals surface area contributed by atoms with Gasteiger partial charge >= 0.3 is 0 Å². The van der Waals surface area contributed by atoms with E-state index in [2.05, 4.69) is 20.7 Å². The van der Waals surface area contributed by atoms with Gasteiger partial charge in [0.1, 0.15) is 0 Å². The van der Waals surface area contributed by atoms with E-state index in [0.717, 1.165) is 5.56 Å². The molecule has 0 atom stereocenters. The van der Waals surface area contributed by atoms with Gasteiger partial charge in [0.25, 0.3) is 5.69 Å². The zero-order valence-corrected chi connectivity index (χ0v) is 9.78. The summed E-state index contributed by atoms with van der Waals surface area (Å²) in [5.74, 6) is 0.611. The van der Waals surface area contributed by atoms with Crippen LogP contribution in [0.1, 0.15) is 11.4 Å². The van der Waals surface area contributed by atoms with Crippen LogP contribution in [0.5, 0.6) is 0 Å². The molecule has 18 heavy (non-hydrogen) atoms. The molecule has 94 valence electrons. The summed E-state index contributed by atoms with van der Waals surface area (Å²) in [4.78, 5) is 11.5. The zero-order chi connectivity index (χ0) is 13.0. The van der Waals surface area contributed by atoms with Gasteiger partial charge in [0.15, 0.2) is 5.82 Å². The van der Waals surface area contributed by atoms with Gasteiger partial charge in [-0.1, -0.05) is 12.1 Å². The van der Waals surface area contributed by atoms with E-state index in [1.807, 2.05) is 0 Å². The monoisotopic (exact) mass is 248 g/mol. The number of non-ortho nitro benzene ring substituents is 1. The lowest BCUT2D eigenvalue weighted by atomic mass is 10.2. The van der Waals surface area contributed by atoms with Crippen molar-refractivity contribution < 1.29 is 4.92 Å². The van der Waals surface area contributed by atoms with E-state index in [-0.39, 0.29) is 5.69 Å². The highest BCUT2D eigenvalue weighted by atomic mass is 16.6. The molecule has 0 bridgehead atoms. The predicted molar refractivity (Wildman–Crippen MR) is 62.4 cm³/mol. The number of benzene rings is 1. The maximum atomic E-state index is 10.5. The fourth-order valence-corrected chi connectivity index (χ4v) is 1.45. The highest BCUT2D eigenvalue weighted by molar-refractivity contribution is 5.32. The molecule has 0 amide bonds. The summed E-state index contributed by atoms with van der Waals surface area (Å²) in [6.45, 7) is 1.10. The van der Waals surface area contributed by atoms with Gasteiger partial charge < -0.3 is 5.32 Å². The average Bonchev–Trinajstić information content (AvgIpc) is 2.76. The minimum Gasteiger partial charge on any atom is -0.306 e. The third kappa shape index (κ3) is 3.08. The Bertz CT molecular complexity index is 536. The Morgan fingerprint density at radius 2 is 2.06 bits per heavy atom. The molecule has 0 radical (unpaired) electrons. The number of hydrogen-bond acceptors (Lipinski definition) is 6. The first-order valence-electron chi connectivity index (χ1n) is 5.32. The second kappa shape index (κ2) is 5.32. The van der Waals surface area contributed by atoms with Crippen molar-refractivity contribution in [3.63, 3.8) is 0 Å². The van der Waals surface area contributed by atoms with Crippen LogP contribution >= 0.6 is 0 Å². The van der Waals surface area contributed by atoms with Crippen molar-refractivity contribution in [3.05, 3.63) is 45.8 Å². The molecule has 0 aliphatic rings. The highest BCUT2D eigenvalue weighted by Gasteiger charge is 2.04. The molecular formula is C10H12N6O2. The first-order chi connectivity index (χ1) is 8.65. The standard InChI is InChI=1S/C10H12N6O2/c1-15-13-10(12-14-15)7-11-6-8-2-4-9(5-3-8)16(17)18/h2-5,11H,6-7H2,1H3. The summed E-state index contributed by atoms with van der Waals surface area (Å²) in [5, 5.41) is 25.2. The lowest BCUT2D eigenvalue weighted by Crippen LogP contribution is -2.14. The summed E-state index contributed by atoms with van der Waals surface area (Å²) in [6.07, 6.45) is 0. The van der Waals surface area contributed by atoms with Gasteiger partial charge in [0.05, 0.1) is 18.5 Å². The third-order valence-electron chi connectivity index (χ3n) is 2.31. The molecule has 0 aliphatic carbocycles. The molecule has 1 aromatic carbocycles. The normalized spacial score (nSPS) is 10.5. The molecule has 8 heteroatoms. The number of rotatable bonds is 5. The Morgan fingerprint density at radius 3 is 2.61 bits per heavy atom. The summed E-state index contributed by atoms with van der Waals surface area (Å²) >= 11 is 0. The van der Waals surface area contributed by atoms with Gasteiger partial charge in [-0.05, 0) is 10.8 Å². The van der Waals surface area contributed by atoms with Crippen LogP contribution in [-0.2, 0) is 20.1 Å². The lowest BCUT2D eigenvalue weighted by Gasteiger charge is -2.01. The maximum Gasteiger partial charge on any atom is 0.269 e. The fraction of sp³-hybridized carbons (Fsp3) is 0.300. The van der Waals surface area contributed by atoms with Gasteiger partial charge in [-0.15, -0.1) is 10.2 Å². The average molecular weight is 248 g/mol. The second-order valence-electron chi connectivity index (χ2n) is 3.72. The van der Waals surface area contributed by atoms with Crippen molar-refractivity contribution in [2.45, 2.75) is 13.1 Å². The smallest absolute Gasteiger partial charge is 0.269 e. The number of aromatic nitrogens is 4. The van der Waals surface area contributed by atoms with E-state index in [0.29, 0.717) is 18.9 Å². The number of hydrogen-bond donors (Lipinski definition) is 1. The van der Waals surface area contributed by atoms with Crippen LogP contribution < -0.4 is 5.32 Å². The Kier molecular flexibility index (Phi) is 3.58. The summed E-state index contributed by atoms with van der Waals surface area (Å²) in [5.41, 5.74) is 1.05. The van der Waals surface area contributed by atoms with Crippen LogP contribution in [0.4, 0.5) is 5.69 Å². The van der Waals surface area contributed by atoms with Gasteiger partial charge in [-0.3, -0.25) is 10.1 Å². The van der Waals surface area contributed by atoms with E-state index < -0.39 is 4.92 Å². The topological polar surface area (TPSA) is 98.8 Å². The third-order valence-corrected chi connectivity index (χ3v) is 2.31. The number of nitrogens with one attached hydrogen (secondary N) is 1. The first kappa shape index (κ1) is 12.1. The number of nitro benzene ring substituents is 1. The molecule has 0 spiro atoms. The van der Waals surface area contributed by atoms with Crippen LogP contribution in [0.25, 0.3) is 0 Å². The van der Waals surface area contributed by atoms with Gasteiger partial charge in [0, 0.05) is 18.7 Å². The maximum absolute atomic E-state index is 10.5. The van der Waals surface area contributed by atoms with Crippen LogP contribution in [0.2, 0.25) is 0 Å². The van der Waals surface area contributed by atoms with Gasteiger partial charge in [-0.25, -0.2) is 0 Å². The van der Waals surface area contributed by atoms with E-state index in [1.54, 1.807) is 19.2 Å². The highest BCUT2D eigenvalue weighted by Crippen LogP contribution is 2.11. The Morgan fingerprint density at radius 1 is 1.33 bits per heavy atom. The lowest BCUT2D eigenvalue weighted by molar-refractivity contribution is -0.384. The predicted octanol–water partition coefficient (Wildman–Crippen LogP) is 0.408. The van der Waals surface area contributed by atoms with Crippen molar-refractivity contribution in [1.82, 2.24) is 25.5 Å². The van der Waals surface area contributed by atoms with Crippen LogP contribution in [0.3, 0.4) is 0 Å². The number of nitrogens with zero attached hydrogens (tertiary/aromatic N) is 5. The molecule has 0 fully saturated rings. The molecule has 0 unspecified atom stereocenters. The first-order valence-corrected chi connectivity index (χ1v) is 5.32. The molecule has 8 nitrogen and oxygen atoms in total.